The Kier molecular flexibility index (Phi) is 2.75. The van der Waals surface area contributed by atoms with Crippen LogP contribution in [-0.4, -0.2) is 0 Å². The van der Waals surface area contributed by atoms with Crippen LogP contribution in [0.3, 0.4) is 0 Å². The molecule has 0 saturated carbocycles. The lowest BCUT2D eigenvalue weighted by Gasteiger charge is -2.44. The Labute approximate surface area is 166 Å². The molecule has 0 bridgehead atoms. The molecular formula is C20H8N4O6-4. The minimum atomic E-state index is 0.195. The molecule has 0 aromatic heterocycles. The van der Waals surface area contributed by atoms with Crippen LogP contribution in [0.5, 0.6) is 0 Å². The van der Waals surface area contributed by atoms with Crippen LogP contribution in [0.25, 0.3) is 43.1 Å². The second-order valence-electron chi connectivity index (χ2n) is 7.22. The molecule has 2 aliphatic heterocycles. The number of hydrogen-bond donors (Lipinski definition) is 0. The van der Waals surface area contributed by atoms with E-state index in [9.17, 15) is 20.8 Å². The van der Waals surface area contributed by atoms with Gasteiger partial charge >= 0.3 is 0 Å². The molecule has 2 aliphatic rings. The molecule has 10 nitrogen and oxygen atoms in total. The van der Waals surface area contributed by atoms with Gasteiger partial charge in [-0.05, 0) is 45.8 Å². The first-order valence-electron chi connectivity index (χ1n) is 9.00. The summed E-state index contributed by atoms with van der Waals surface area (Å²) in [5, 5.41) is 55.2. The zero-order valence-electron chi connectivity index (χ0n) is 14.9. The van der Waals surface area contributed by atoms with Crippen molar-refractivity contribution in [2.45, 2.75) is 0 Å². The summed E-state index contributed by atoms with van der Waals surface area (Å²) in [6.45, 7) is 0. The molecule has 5 aromatic rings. The zero-order chi connectivity index (χ0) is 20.3. The normalized spacial score (nSPS) is 16.1. The number of benzene rings is 5. The highest BCUT2D eigenvalue weighted by atomic mass is 17.1. The zero-order valence-corrected chi connectivity index (χ0v) is 14.9. The quantitative estimate of drug-likeness (QED) is 0.267. The van der Waals surface area contributed by atoms with E-state index in [1.807, 2.05) is 0 Å². The van der Waals surface area contributed by atoms with E-state index >= 15 is 0 Å². The Morgan fingerprint density at radius 1 is 0.400 bits per heavy atom. The van der Waals surface area contributed by atoms with Crippen LogP contribution >= 0.6 is 0 Å². The number of rotatable bonds is 0. The largest absolute Gasteiger partial charge is 0.731 e. The molecule has 0 amide bonds. The van der Waals surface area contributed by atoms with Crippen molar-refractivity contribution in [3.63, 3.8) is 0 Å². The third-order valence-electron chi connectivity index (χ3n) is 5.90. The van der Waals surface area contributed by atoms with E-state index in [-0.39, 0.29) is 43.7 Å². The van der Waals surface area contributed by atoms with Crippen molar-refractivity contribution < 1.29 is 9.88 Å². The SMILES string of the molecule is [O-]N1ON([O-])c2ccc3c4ccc5c6c(ccc(c7ccc1c2c73)c64)N([O-])ON5[O-]. The molecule has 0 spiro atoms. The summed E-state index contributed by atoms with van der Waals surface area (Å²) >= 11 is 0. The molecule has 5 aromatic carbocycles. The maximum absolute atomic E-state index is 12.2. The molecule has 30 heavy (non-hydrogen) atoms. The minimum Gasteiger partial charge on any atom is -0.731 e. The van der Waals surface area contributed by atoms with Gasteiger partial charge in [-0.15, -0.1) is 0 Å². The summed E-state index contributed by atoms with van der Waals surface area (Å²) in [4.78, 5) is 9.40. The first kappa shape index (κ1) is 16.2. The second kappa shape index (κ2) is 5.09. The molecule has 148 valence electrons. The molecule has 2 heterocycles. The minimum absolute atomic E-state index is 0.195. The summed E-state index contributed by atoms with van der Waals surface area (Å²) in [5.41, 5.74) is 0.932. The lowest BCUT2D eigenvalue weighted by Crippen LogP contribution is -2.31. The van der Waals surface area contributed by atoms with Crippen LogP contribution in [0.1, 0.15) is 0 Å². The van der Waals surface area contributed by atoms with E-state index in [1.165, 1.54) is 0 Å². The van der Waals surface area contributed by atoms with Crippen molar-refractivity contribution in [3.8, 4) is 0 Å². The molecule has 0 aliphatic carbocycles. The Hall–Kier alpha value is -3.64. The van der Waals surface area contributed by atoms with Crippen molar-refractivity contribution in [2.75, 3.05) is 20.9 Å². The maximum atomic E-state index is 12.2. The number of nitrogens with zero attached hydrogens (tertiary/aromatic N) is 4. The van der Waals surface area contributed by atoms with Gasteiger partial charge in [0.05, 0.1) is 22.7 Å². The maximum Gasteiger partial charge on any atom is 0.0636 e. The molecule has 7 rings (SSSR count). The van der Waals surface area contributed by atoms with Gasteiger partial charge in [-0.2, -0.15) is 9.88 Å². The van der Waals surface area contributed by atoms with Gasteiger partial charge in [0.25, 0.3) is 0 Å². The van der Waals surface area contributed by atoms with Crippen LogP contribution in [0, 0.1) is 20.8 Å². The Bertz CT molecular complexity index is 1320. The van der Waals surface area contributed by atoms with Crippen molar-refractivity contribution in [1.29, 1.82) is 0 Å². The summed E-state index contributed by atoms with van der Waals surface area (Å²) in [6.07, 6.45) is 0. The molecule has 0 saturated heterocycles. The van der Waals surface area contributed by atoms with E-state index in [2.05, 4.69) is 0 Å². The number of hydrogen-bond acceptors (Lipinski definition) is 10. The van der Waals surface area contributed by atoms with Crippen LogP contribution < -0.4 is 20.9 Å². The van der Waals surface area contributed by atoms with E-state index < -0.39 is 0 Å². The van der Waals surface area contributed by atoms with E-state index in [0.29, 0.717) is 10.8 Å². The third-order valence-corrected chi connectivity index (χ3v) is 5.90. The topological polar surface area (TPSA) is 124 Å². The predicted octanol–water partition coefficient (Wildman–Crippen LogP) is 4.67. The van der Waals surface area contributed by atoms with Crippen LogP contribution in [-0.2, 0) is 9.88 Å². The number of fused-ring (bicyclic) bond motifs is 2. The van der Waals surface area contributed by atoms with E-state index in [4.69, 9.17) is 9.88 Å². The molecule has 0 unspecified atom stereocenters. The molecule has 0 fully saturated rings. The fraction of sp³-hybridized carbons (Fsp3) is 0. The van der Waals surface area contributed by atoms with Crippen molar-refractivity contribution in [3.05, 3.63) is 69.4 Å². The highest BCUT2D eigenvalue weighted by molar-refractivity contribution is 6.37. The Balaban J connectivity index is 1.77. The van der Waals surface area contributed by atoms with Gasteiger partial charge in [0, 0.05) is 21.5 Å². The lowest BCUT2D eigenvalue weighted by atomic mass is 9.87. The van der Waals surface area contributed by atoms with Gasteiger partial charge < -0.3 is 20.8 Å². The van der Waals surface area contributed by atoms with Gasteiger partial charge in [0.2, 0.25) is 0 Å². The highest BCUT2D eigenvalue weighted by Crippen LogP contribution is 2.51. The van der Waals surface area contributed by atoms with Gasteiger partial charge in [0.1, 0.15) is 0 Å². The smallest absolute Gasteiger partial charge is 0.0636 e. The fourth-order valence-electron chi connectivity index (χ4n) is 4.74. The summed E-state index contributed by atoms with van der Waals surface area (Å²) in [6, 6.07) is 13.5. The molecule has 0 atom stereocenters. The molecule has 0 N–H and O–H groups in total. The average Bonchev–Trinajstić information content (AvgIpc) is 2.74. The molecule has 10 heteroatoms. The van der Waals surface area contributed by atoms with Crippen LogP contribution in [0.15, 0.2) is 48.5 Å². The molecule has 0 radical (unpaired) electrons. The fourth-order valence-corrected chi connectivity index (χ4v) is 4.74. The average molecular weight is 400 g/mol. The van der Waals surface area contributed by atoms with Crippen molar-refractivity contribution >= 4 is 65.8 Å². The van der Waals surface area contributed by atoms with Crippen LogP contribution in [0.4, 0.5) is 22.7 Å². The van der Waals surface area contributed by atoms with Crippen molar-refractivity contribution in [1.82, 2.24) is 0 Å². The summed E-state index contributed by atoms with van der Waals surface area (Å²) in [5.74, 6) is 0. The standard InChI is InChI=1S/C20H8N4O6/c25-21-13-5-1-9-10-2-6-15-20-16(24(28)30-23(15)27)8-4-12(18(10)20)11-3-7-14(22(26)29-21)19(13)17(9)11/h1-8H/q-4. The summed E-state index contributed by atoms with van der Waals surface area (Å²) < 4.78 is 0. The highest BCUT2D eigenvalue weighted by Gasteiger charge is 2.25. The first-order valence-corrected chi connectivity index (χ1v) is 9.00. The van der Waals surface area contributed by atoms with Gasteiger partial charge in [-0.25, -0.2) is 0 Å². The molecular weight excluding hydrogens is 392 g/mol. The Morgan fingerprint density at radius 2 is 0.667 bits per heavy atom. The summed E-state index contributed by atoms with van der Waals surface area (Å²) in [7, 11) is 0. The lowest BCUT2D eigenvalue weighted by molar-refractivity contribution is 0.128. The second-order valence-corrected chi connectivity index (χ2v) is 7.22. The van der Waals surface area contributed by atoms with Crippen molar-refractivity contribution in [2.24, 2.45) is 0 Å². The predicted molar refractivity (Wildman–Crippen MR) is 113 cm³/mol. The van der Waals surface area contributed by atoms with Gasteiger partial charge in [-0.1, -0.05) is 24.3 Å². The third kappa shape index (κ3) is 1.70. The first-order chi connectivity index (χ1) is 14.5. The van der Waals surface area contributed by atoms with Gasteiger partial charge in [-0.3, -0.25) is 20.9 Å². The van der Waals surface area contributed by atoms with E-state index in [1.54, 1.807) is 48.5 Å². The monoisotopic (exact) mass is 400 g/mol. The van der Waals surface area contributed by atoms with E-state index in [0.717, 1.165) is 32.3 Å². The van der Waals surface area contributed by atoms with Crippen LogP contribution in [0.2, 0.25) is 0 Å². The number of anilines is 4. The van der Waals surface area contributed by atoms with Gasteiger partial charge in [0.15, 0.2) is 0 Å². The Morgan fingerprint density at radius 3 is 0.933 bits per heavy atom.